The van der Waals surface area contributed by atoms with E-state index in [2.05, 4.69) is 4.98 Å². The summed E-state index contributed by atoms with van der Waals surface area (Å²) in [6.07, 6.45) is 0.275. The summed E-state index contributed by atoms with van der Waals surface area (Å²) in [5.74, 6) is -1.08. The highest BCUT2D eigenvalue weighted by Crippen LogP contribution is 2.25. The number of fused-ring (bicyclic) bond motifs is 1. The highest BCUT2D eigenvalue weighted by molar-refractivity contribution is 7.91. The Kier molecular flexibility index (Phi) is 4.29. The molecule has 2 aromatic rings. The number of alkyl halides is 2. The summed E-state index contributed by atoms with van der Waals surface area (Å²) in [6.45, 7) is -2.88. The Morgan fingerprint density at radius 2 is 2.12 bits per heavy atom. The van der Waals surface area contributed by atoms with Crippen molar-refractivity contribution in [1.82, 2.24) is 14.5 Å². The van der Waals surface area contributed by atoms with E-state index in [0.717, 1.165) is 4.57 Å². The van der Waals surface area contributed by atoms with E-state index in [4.69, 9.17) is 0 Å². The first-order valence-electron chi connectivity index (χ1n) is 7.48. The standard InChI is InChI=1S/C15H17F2N3O3S/c1-19(14(21)10-6-7-24(22,23)9-10)8-13-18-11-4-2-3-5-12(11)20(13)15(16)17/h2-5,10,15H,6-9H2,1H3/t10-/m1/s1. The van der Waals surface area contributed by atoms with Gasteiger partial charge in [0.2, 0.25) is 5.91 Å². The van der Waals surface area contributed by atoms with Crippen LogP contribution in [0.15, 0.2) is 24.3 Å². The van der Waals surface area contributed by atoms with Crippen molar-refractivity contribution in [1.29, 1.82) is 0 Å². The van der Waals surface area contributed by atoms with Gasteiger partial charge >= 0.3 is 6.55 Å². The van der Waals surface area contributed by atoms with Crippen molar-refractivity contribution < 1.29 is 22.0 Å². The summed E-state index contributed by atoms with van der Waals surface area (Å²) in [5.41, 5.74) is 0.726. The van der Waals surface area contributed by atoms with Gasteiger partial charge in [-0.05, 0) is 18.6 Å². The first-order chi connectivity index (χ1) is 11.3. The van der Waals surface area contributed by atoms with Crippen molar-refractivity contribution in [2.45, 2.75) is 19.5 Å². The SMILES string of the molecule is CN(Cc1nc2ccccc2n1C(F)F)C(=O)[C@@H]1CCS(=O)(=O)C1. The number of rotatable bonds is 4. The molecule has 0 N–H and O–H groups in total. The van der Waals surface area contributed by atoms with Crippen molar-refractivity contribution >= 4 is 26.8 Å². The minimum atomic E-state index is -3.18. The number of carbonyl (C=O) groups is 1. The van der Waals surface area contributed by atoms with Gasteiger partial charge in [0.1, 0.15) is 5.82 Å². The Bertz CT molecular complexity index is 879. The lowest BCUT2D eigenvalue weighted by molar-refractivity contribution is -0.134. The van der Waals surface area contributed by atoms with Crippen LogP contribution in [0.1, 0.15) is 18.8 Å². The van der Waals surface area contributed by atoms with Crippen LogP contribution in [0.5, 0.6) is 0 Å². The highest BCUT2D eigenvalue weighted by Gasteiger charge is 2.35. The molecule has 1 aliphatic rings. The average molecular weight is 357 g/mol. The molecular formula is C15H17F2N3O3S. The molecule has 1 aromatic carbocycles. The Morgan fingerprint density at radius 3 is 2.75 bits per heavy atom. The van der Waals surface area contributed by atoms with Crippen molar-refractivity contribution in [3.05, 3.63) is 30.1 Å². The van der Waals surface area contributed by atoms with Gasteiger partial charge < -0.3 is 4.90 Å². The zero-order chi connectivity index (χ0) is 17.5. The van der Waals surface area contributed by atoms with Crippen LogP contribution in [0.25, 0.3) is 11.0 Å². The van der Waals surface area contributed by atoms with Crippen molar-refractivity contribution in [2.24, 2.45) is 5.92 Å². The maximum absolute atomic E-state index is 13.4. The minimum Gasteiger partial charge on any atom is -0.338 e. The number of imidazole rings is 1. The van der Waals surface area contributed by atoms with E-state index in [0.29, 0.717) is 11.0 Å². The van der Waals surface area contributed by atoms with Crippen LogP contribution in [-0.4, -0.2) is 47.3 Å². The lowest BCUT2D eigenvalue weighted by atomic mass is 10.1. The molecule has 1 fully saturated rings. The Labute approximate surface area is 138 Å². The quantitative estimate of drug-likeness (QED) is 0.837. The van der Waals surface area contributed by atoms with E-state index < -0.39 is 22.3 Å². The fourth-order valence-electron chi connectivity index (χ4n) is 3.02. The molecule has 3 rings (SSSR count). The molecule has 1 atom stereocenters. The predicted octanol–water partition coefficient (Wildman–Crippen LogP) is 1.82. The normalized spacial score (nSPS) is 19.9. The predicted molar refractivity (Wildman–Crippen MR) is 84.2 cm³/mol. The number of nitrogens with zero attached hydrogens (tertiary/aromatic N) is 3. The number of benzene rings is 1. The van der Waals surface area contributed by atoms with E-state index in [-0.39, 0.29) is 36.2 Å². The first kappa shape index (κ1) is 16.8. The molecule has 24 heavy (non-hydrogen) atoms. The number of aromatic nitrogens is 2. The molecule has 0 spiro atoms. The first-order valence-corrected chi connectivity index (χ1v) is 9.30. The summed E-state index contributed by atoms with van der Waals surface area (Å²) in [6, 6.07) is 6.52. The summed E-state index contributed by atoms with van der Waals surface area (Å²) < 4.78 is 50.6. The van der Waals surface area contributed by atoms with E-state index in [1.54, 1.807) is 24.3 Å². The summed E-state index contributed by atoms with van der Waals surface area (Å²) in [5, 5.41) is 0. The number of hydrogen-bond donors (Lipinski definition) is 0. The number of para-hydroxylation sites is 2. The molecule has 0 unspecified atom stereocenters. The van der Waals surface area contributed by atoms with Crippen LogP contribution in [0, 0.1) is 5.92 Å². The summed E-state index contributed by atoms with van der Waals surface area (Å²) >= 11 is 0. The number of amides is 1. The molecule has 0 saturated carbocycles. The monoisotopic (exact) mass is 357 g/mol. The van der Waals surface area contributed by atoms with Crippen molar-refractivity contribution in [3.63, 3.8) is 0 Å². The second kappa shape index (κ2) is 6.12. The van der Waals surface area contributed by atoms with Crippen molar-refractivity contribution in [2.75, 3.05) is 18.6 Å². The van der Waals surface area contributed by atoms with Gasteiger partial charge in [0, 0.05) is 7.05 Å². The molecule has 1 aliphatic heterocycles. The topological polar surface area (TPSA) is 72.3 Å². The van der Waals surface area contributed by atoms with Gasteiger partial charge in [-0.1, -0.05) is 12.1 Å². The molecule has 1 saturated heterocycles. The smallest absolute Gasteiger partial charge is 0.320 e. The van der Waals surface area contributed by atoms with E-state index in [9.17, 15) is 22.0 Å². The second-order valence-corrected chi connectivity index (χ2v) is 8.19. The van der Waals surface area contributed by atoms with Crippen LogP contribution >= 0.6 is 0 Å². The Balaban J connectivity index is 1.84. The van der Waals surface area contributed by atoms with Crippen LogP contribution in [0.4, 0.5) is 8.78 Å². The highest BCUT2D eigenvalue weighted by atomic mass is 32.2. The Morgan fingerprint density at radius 1 is 1.42 bits per heavy atom. The van der Waals surface area contributed by atoms with Gasteiger partial charge in [-0.2, -0.15) is 8.78 Å². The molecular weight excluding hydrogens is 340 g/mol. The van der Waals surface area contributed by atoms with Gasteiger partial charge in [0.15, 0.2) is 9.84 Å². The van der Waals surface area contributed by atoms with Gasteiger partial charge in [0.05, 0.1) is 35.0 Å². The lowest BCUT2D eigenvalue weighted by Crippen LogP contribution is -2.34. The molecule has 9 heteroatoms. The third kappa shape index (κ3) is 3.12. The summed E-state index contributed by atoms with van der Waals surface area (Å²) in [4.78, 5) is 17.8. The molecule has 1 amide bonds. The van der Waals surface area contributed by atoms with Gasteiger partial charge in [-0.15, -0.1) is 0 Å². The average Bonchev–Trinajstić information content (AvgIpc) is 3.05. The molecule has 1 aromatic heterocycles. The van der Waals surface area contributed by atoms with Crippen LogP contribution in [-0.2, 0) is 21.2 Å². The number of halogens is 2. The second-order valence-electron chi connectivity index (χ2n) is 5.96. The number of sulfone groups is 1. The van der Waals surface area contributed by atoms with Crippen LogP contribution in [0.3, 0.4) is 0 Å². The fraction of sp³-hybridized carbons (Fsp3) is 0.467. The maximum Gasteiger partial charge on any atom is 0.320 e. The van der Waals surface area contributed by atoms with Gasteiger partial charge in [-0.25, -0.2) is 13.4 Å². The lowest BCUT2D eigenvalue weighted by Gasteiger charge is -2.20. The molecule has 0 bridgehead atoms. The Hall–Kier alpha value is -2.03. The minimum absolute atomic E-state index is 0.00715. The zero-order valence-corrected chi connectivity index (χ0v) is 13.8. The molecule has 2 heterocycles. The third-order valence-corrected chi connectivity index (χ3v) is 5.97. The molecule has 0 aliphatic carbocycles. The third-order valence-electron chi connectivity index (χ3n) is 4.20. The van der Waals surface area contributed by atoms with E-state index >= 15 is 0 Å². The molecule has 6 nitrogen and oxygen atoms in total. The number of hydrogen-bond acceptors (Lipinski definition) is 4. The maximum atomic E-state index is 13.4. The molecule has 0 radical (unpaired) electrons. The van der Waals surface area contributed by atoms with Gasteiger partial charge in [-0.3, -0.25) is 9.36 Å². The molecule has 130 valence electrons. The van der Waals surface area contributed by atoms with Crippen LogP contribution < -0.4 is 0 Å². The van der Waals surface area contributed by atoms with Gasteiger partial charge in [0.25, 0.3) is 0 Å². The van der Waals surface area contributed by atoms with Crippen LogP contribution in [0.2, 0.25) is 0 Å². The summed E-state index contributed by atoms with van der Waals surface area (Å²) in [7, 11) is -1.70. The van der Waals surface area contributed by atoms with Crippen molar-refractivity contribution in [3.8, 4) is 0 Å². The van der Waals surface area contributed by atoms with E-state index in [1.807, 2.05) is 0 Å². The largest absolute Gasteiger partial charge is 0.338 e. The zero-order valence-electron chi connectivity index (χ0n) is 13.0. The van der Waals surface area contributed by atoms with E-state index in [1.165, 1.54) is 11.9 Å². The fourth-order valence-corrected chi connectivity index (χ4v) is 4.75. The number of carbonyl (C=O) groups excluding carboxylic acids is 1.